The van der Waals surface area contributed by atoms with Crippen LogP contribution >= 0.6 is 11.6 Å². The Morgan fingerprint density at radius 1 is 1.59 bits per heavy atom. The van der Waals surface area contributed by atoms with Crippen molar-refractivity contribution < 1.29 is 9.13 Å². The first-order valence-electron chi connectivity index (χ1n) is 5.72. The van der Waals surface area contributed by atoms with Gasteiger partial charge in [0, 0.05) is 11.6 Å². The highest BCUT2D eigenvalue weighted by Gasteiger charge is 2.25. The fourth-order valence-electron chi connectivity index (χ4n) is 2.14. The summed E-state index contributed by atoms with van der Waals surface area (Å²) in [5.41, 5.74) is 3.31. The topological polar surface area (TPSA) is 47.3 Å². The van der Waals surface area contributed by atoms with Crippen molar-refractivity contribution in [3.8, 4) is 0 Å². The lowest BCUT2D eigenvalue weighted by atomic mass is 9.99. The van der Waals surface area contributed by atoms with Gasteiger partial charge in [0.05, 0.1) is 12.1 Å². The van der Waals surface area contributed by atoms with Gasteiger partial charge < -0.3 is 4.74 Å². The molecule has 5 heteroatoms. The molecule has 94 valence electrons. The standard InChI is InChI=1S/C12H16ClFN2O/c13-9-4-3-8(10(14)7-9)6-11(16-15)12-2-1-5-17-12/h3-4,7,11-12,16H,1-2,5-6,15H2. The van der Waals surface area contributed by atoms with Gasteiger partial charge in [0.2, 0.25) is 0 Å². The van der Waals surface area contributed by atoms with Crippen LogP contribution in [0.4, 0.5) is 4.39 Å². The smallest absolute Gasteiger partial charge is 0.127 e. The zero-order valence-electron chi connectivity index (χ0n) is 9.46. The van der Waals surface area contributed by atoms with Crippen molar-refractivity contribution >= 4 is 11.6 Å². The zero-order chi connectivity index (χ0) is 12.3. The van der Waals surface area contributed by atoms with Crippen LogP contribution in [0.15, 0.2) is 18.2 Å². The molecule has 3 nitrogen and oxygen atoms in total. The van der Waals surface area contributed by atoms with E-state index in [9.17, 15) is 4.39 Å². The summed E-state index contributed by atoms with van der Waals surface area (Å²) in [6.45, 7) is 0.756. The molecule has 1 fully saturated rings. The molecule has 1 heterocycles. The van der Waals surface area contributed by atoms with E-state index in [2.05, 4.69) is 5.43 Å². The van der Waals surface area contributed by atoms with Crippen molar-refractivity contribution in [2.24, 2.45) is 5.84 Å². The van der Waals surface area contributed by atoms with Crippen molar-refractivity contribution in [3.63, 3.8) is 0 Å². The molecule has 0 saturated carbocycles. The Kier molecular flexibility index (Phi) is 4.34. The number of nitrogens with one attached hydrogen (secondary N) is 1. The molecular weight excluding hydrogens is 243 g/mol. The second kappa shape index (κ2) is 5.78. The molecular formula is C12H16ClFN2O. The summed E-state index contributed by atoms with van der Waals surface area (Å²) in [4.78, 5) is 0. The third-order valence-electron chi connectivity index (χ3n) is 3.08. The van der Waals surface area contributed by atoms with Gasteiger partial charge in [0.15, 0.2) is 0 Å². The Hall–Kier alpha value is -0.680. The summed E-state index contributed by atoms with van der Waals surface area (Å²) in [5.74, 6) is 5.21. The lowest BCUT2D eigenvalue weighted by Gasteiger charge is -2.22. The van der Waals surface area contributed by atoms with Gasteiger partial charge in [-0.25, -0.2) is 4.39 Å². The number of rotatable bonds is 4. The molecule has 2 rings (SSSR count). The first-order valence-corrected chi connectivity index (χ1v) is 6.10. The highest BCUT2D eigenvalue weighted by Crippen LogP contribution is 2.21. The lowest BCUT2D eigenvalue weighted by Crippen LogP contribution is -2.45. The lowest BCUT2D eigenvalue weighted by molar-refractivity contribution is 0.0782. The van der Waals surface area contributed by atoms with Crippen molar-refractivity contribution in [1.29, 1.82) is 0 Å². The molecule has 0 aromatic heterocycles. The summed E-state index contributed by atoms with van der Waals surface area (Å²) < 4.78 is 19.2. The summed E-state index contributed by atoms with van der Waals surface area (Å²) in [6.07, 6.45) is 2.57. The van der Waals surface area contributed by atoms with Gasteiger partial charge in [-0.1, -0.05) is 17.7 Å². The number of hydrogen-bond acceptors (Lipinski definition) is 3. The molecule has 1 aliphatic rings. The Morgan fingerprint density at radius 3 is 3.00 bits per heavy atom. The highest BCUT2D eigenvalue weighted by molar-refractivity contribution is 6.30. The van der Waals surface area contributed by atoms with Crippen molar-refractivity contribution in [2.45, 2.75) is 31.4 Å². The second-order valence-corrected chi connectivity index (χ2v) is 4.70. The first-order chi connectivity index (χ1) is 8.20. The SMILES string of the molecule is NNC(Cc1ccc(Cl)cc1F)C1CCCO1. The summed E-state index contributed by atoms with van der Waals surface area (Å²) >= 11 is 5.71. The maximum absolute atomic E-state index is 13.6. The molecule has 3 N–H and O–H groups in total. The number of nitrogens with two attached hydrogens (primary N) is 1. The molecule has 0 spiro atoms. The average molecular weight is 259 g/mol. The zero-order valence-corrected chi connectivity index (χ0v) is 10.2. The molecule has 0 amide bonds. The van der Waals surface area contributed by atoms with Crippen molar-refractivity contribution in [3.05, 3.63) is 34.6 Å². The van der Waals surface area contributed by atoms with Gasteiger partial charge in [-0.3, -0.25) is 11.3 Å². The van der Waals surface area contributed by atoms with E-state index < -0.39 is 0 Å². The summed E-state index contributed by atoms with van der Waals surface area (Å²) in [6, 6.07) is 4.63. The van der Waals surface area contributed by atoms with Gasteiger partial charge in [0.25, 0.3) is 0 Å². The van der Waals surface area contributed by atoms with Crippen LogP contribution in [0, 0.1) is 5.82 Å². The second-order valence-electron chi connectivity index (χ2n) is 4.26. The van der Waals surface area contributed by atoms with E-state index in [1.165, 1.54) is 6.07 Å². The van der Waals surface area contributed by atoms with Gasteiger partial charge in [-0.05, 0) is 37.0 Å². The Morgan fingerprint density at radius 2 is 2.41 bits per heavy atom. The molecule has 1 saturated heterocycles. The minimum Gasteiger partial charge on any atom is -0.377 e. The van der Waals surface area contributed by atoms with E-state index in [-0.39, 0.29) is 18.0 Å². The van der Waals surface area contributed by atoms with E-state index in [1.54, 1.807) is 12.1 Å². The fourth-order valence-corrected chi connectivity index (χ4v) is 2.30. The minimum atomic E-state index is -0.296. The van der Waals surface area contributed by atoms with E-state index in [4.69, 9.17) is 22.2 Å². The molecule has 17 heavy (non-hydrogen) atoms. The molecule has 1 aliphatic heterocycles. The van der Waals surface area contributed by atoms with Crippen LogP contribution in [-0.2, 0) is 11.2 Å². The molecule has 1 aromatic rings. The summed E-state index contributed by atoms with van der Waals surface area (Å²) in [5, 5.41) is 0.403. The quantitative estimate of drug-likeness (QED) is 0.642. The molecule has 2 atom stereocenters. The van der Waals surface area contributed by atoms with Crippen LogP contribution in [-0.4, -0.2) is 18.8 Å². The molecule has 0 bridgehead atoms. The Labute approximate surface area is 105 Å². The van der Waals surface area contributed by atoms with Crippen molar-refractivity contribution in [2.75, 3.05) is 6.61 Å². The van der Waals surface area contributed by atoms with Crippen molar-refractivity contribution in [1.82, 2.24) is 5.43 Å². The fraction of sp³-hybridized carbons (Fsp3) is 0.500. The maximum Gasteiger partial charge on any atom is 0.127 e. The molecule has 1 aromatic carbocycles. The van der Waals surface area contributed by atoms with E-state index in [1.807, 2.05) is 0 Å². The molecule has 0 aliphatic carbocycles. The number of hydrogen-bond donors (Lipinski definition) is 2. The Bertz CT molecular complexity index is 383. The van der Waals surface area contributed by atoms with Crippen LogP contribution in [0.3, 0.4) is 0 Å². The molecule has 0 radical (unpaired) electrons. The normalized spacial score (nSPS) is 21.7. The van der Waals surface area contributed by atoms with Gasteiger partial charge in [-0.2, -0.15) is 0 Å². The predicted octanol–water partition coefficient (Wildman–Crippen LogP) is 2.03. The third-order valence-corrected chi connectivity index (χ3v) is 3.32. The van der Waals surface area contributed by atoms with Gasteiger partial charge in [0.1, 0.15) is 5.82 Å². The van der Waals surface area contributed by atoms with Gasteiger partial charge >= 0.3 is 0 Å². The minimum absolute atomic E-state index is 0.0619. The highest BCUT2D eigenvalue weighted by atomic mass is 35.5. The monoisotopic (exact) mass is 258 g/mol. The van der Waals surface area contributed by atoms with Gasteiger partial charge in [-0.15, -0.1) is 0 Å². The first kappa shape index (κ1) is 12.8. The van der Waals surface area contributed by atoms with Crippen LogP contribution in [0.5, 0.6) is 0 Å². The predicted molar refractivity (Wildman–Crippen MR) is 65.2 cm³/mol. The van der Waals surface area contributed by atoms with Crippen LogP contribution in [0.1, 0.15) is 18.4 Å². The maximum atomic E-state index is 13.6. The number of halogens is 2. The average Bonchev–Trinajstić information content (AvgIpc) is 2.81. The van der Waals surface area contributed by atoms with Crippen LogP contribution < -0.4 is 11.3 Å². The summed E-state index contributed by atoms with van der Waals surface area (Å²) in [7, 11) is 0. The number of ether oxygens (including phenoxy) is 1. The van der Waals surface area contributed by atoms with E-state index >= 15 is 0 Å². The third kappa shape index (κ3) is 3.16. The Balaban J connectivity index is 2.06. The molecule has 2 unspecified atom stereocenters. The van der Waals surface area contributed by atoms with E-state index in [0.29, 0.717) is 17.0 Å². The number of hydrazine groups is 1. The largest absolute Gasteiger partial charge is 0.377 e. The van der Waals surface area contributed by atoms with Crippen LogP contribution in [0.25, 0.3) is 0 Å². The number of benzene rings is 1. The van der Waals surface area contributed by atoms with E-state index in [0.717, 1.165) is 19.4 Å². The van der Waals surface area contributed by atoms with Crippen LogP contribution in [0.2, 0.25) is 5.02 Å².